The molecule has 0 unspecified atom stereocenters. The number of anilines is 1. The van der Waals surface area contributed by atoms with Gasteiger partial charge in [-0.2, -0.15) is 5.10 Å². The Morgan fingerprint density at radius 1 is 1.40 bits per heavy atom. The molecule has 0 saturated carbocycles. The molecular weight excluding hydrogens is 330 g/mol. The minimum atomic E-state index is -0.815. The molecule has 2 heterocycles. The van der Waals surface area contributed by atoms with E-state index in [0.29, 0.717) is 6.54 Å². The number of rotatable bonds is 4. The molecule has 0 radical (unpaired) electrons. The number of aromatic nitrogens is 2. The van der Waals surface area contributed by atoms with E-state index in [1.54, 1.807) is 25.0 Å². The average Bonchev–Trinajstić information content (AvgIpc) is 3.12. The molecule has 8 heteroatoms. The minimum Gasteiger partial charge on any atom is -0.341 e. The second kappa shape index (κ2) is 6.62. The van der Waals surface area contributed by atoms with Crippen LogP contribution in [0.15, 0.2) is 30.6 Å². The Labute approximate surface area is 143 Å². The van der Waals surface area contributed by atoms with Gasteiger partial charge in [0.25, 0.3) is 0 Å². The van der Waals surface area contributed by atoms with E-state index in [2.05, 4.69) is 5.10 Å². The van der Waals surface area contributed by atoms with E-state index in [4.69, 9.17) is 0 Å². The van der Waals surface area contributed by atoms with E-state index in [0.717, 1.165) is 17.7 Å². The molecule has 1 fully saturated rings. The van der Waals surface area contributed by atoms with Gasteiger partial charge in [-0.25, -0.2) is 8.78 Å². The molecule has 2 aromatic rings. The third kappa shape index (κ3) is 3.52. The van der Waals surface area contributed by atoms with E-state index in [-0.39, 0.29) is 30.5 Å². The van der Waals surface area contributed by atoms with Crippen molar-refractivity contribution in [1.82, 2.24) is 14.7 Å². The minimum absolute atomic E-state index is 0.00314. The van der Waals surface area contributed by atoms with Crippen LogP contribution >= 0.6 is 0 Å². The molecule has 1 aromatic heterocycles. The molecule has 3 rings (SSSR count). The van der Waals surface area contributed by atoms with Crippen LogP contribution in [-0.4, -0.2) is 40.1 Å². The van der Waals surface area contributed by atoms with Crippen molar-refractivity contribution in [3.8, 4) is 0 Å². The lowest BCUT2D eigenvalue weighted by molar-refractivity contribution is -0.135. The molecule has 2 amide bonds. The molecule has 0 aliphatic carbocycles. The van der Waals surface area contributed by atoms with Gasteiger partial charge in [0.2, 0.25) is 11.8 Å². The number of hydrogen-bond acceptors (Lipinski definition) is 3. The van der Waals surface area contributed by atoms with E-state index in [9.17, 15) is 18.4 Å². The number of nitrogens with zero attached hydrogens (tertiary/aromatic N) is 4. The molecule has 6 nitrogen and oxygen atoms in total. The highest BCUT2D eigenvalue weighted by Crippen LogP contribution is 2.28. The van der Waals surface area contributed by atoms with Gasteiger partial charge >= 0.3 is 0 Å². The van der Waals surface area contributed by atoms with Crippen LogP contribution in [-0.2, 0) is 23.2 Å². The zero-order valence-electron chi connectivity index (χ0n) is 13.9. The monoisotopic (exact) mass is 348 g/mol. The SMILES string of the molecule is CN(Cc1cnn(C)c1)C(=O)[C@H]1CC(=O)N(c2ccc(F)cc2F)C1. The van der Waals surface area contributed by atoms with Gasteiger partial charge in [0.15, 0.2) is 0 Å². The predicted molar refractivity (Wildman–Crippen MR) is 86.5 cm³/mol. The normalized spacial score (nSPS) is 17.2. The van der Waals surface area contributed by atoms with Gasteiger partial charge in [0, 0.05) is 51.4 Å². The summed E-state index contributed by atoms with van der Waals surface area (Å²) in [4.78, 5) is 27.5. The molecule has 1 aliphatic heterocycles. The highest BCUT2D eigenvalue weighted by atomic mass is 19.1. The van der Waals surface area contributed by atoms with E-state index < -0.39 is 17.6 Å². The van der Waals surface area contributed by atoms with E-state index in [1.807, 2.05) is 6.20 Å². The quantitative estimate of drug-likeness (QED) is 0.845. The summed E-state index contributed by atoms with van der Waals surface area (Å²) >= 11 is 0. The molecular formula is C17H18F2N4O2. The van der Waals surface area contributed by atoms with Gasteiger partial charge in [0.05, 0.1) is 17.8 Å². The molecule has 25 heavy (non-hydrogen) atoms. The van der Waals surface area contributed by atoms with Crippen molar-refractivity contribution in [1.29, 1.82) is 0 Å². The Bertz CT molecular complexity index is 821. The summed E-state index contributed by atoms with van der Waals surface area (Å²) in [6, 6.07) is 3.04. The lowest BCUT2D eigenvalue weighted by Gasteiger charge is -2.21. The Morgan fingerprint density at radius 3 is 2.80 bits per heavy atom. The maximum Gasteiger partial charge on any atom is 0.228 e. The third-order valence-corrected chi connectivity index (χ3v) is 4.23. The Kier molecular flexibility index (Phi) is 4.52. The molecule has 1 saturated heterocycles. The van der Waals surface area contributed by atoms with Gasteiger partial charge in [-0.05, 0) is 12.1 Å². The third-order valence-electron chi connectivity index (χ3n) is 4.23. The van der Waals surface area contributed by atoms with Gasteiger partial charge in [-0.15, -0.1) is 0 Å². The summed E-state index contributed by atoms with van der Waals surface area (Å²) < 4.78 is 28.6. The smallest absolute Gasteiger partial charge is 0.228 e. The number of halogens is 2. The first-order valence-electron chi connectivity index (χ1n) is 7.83. The summed E-state index contributed by atoms with van der Waals surface area (Å²) in [5, 5.41) is 4.05. The maximum absolute atomic E-state index is 13.9. The Morgan fingerprint density at radius 2 is 2.16 bits per heavy atom. The van der Waals surface area contributed by atoms with Crippen molar-refractivity contribution in [3.63, 3.8) is 0 Å². The van der Waals surface area contributed by atoms with Gasteiger partial charge in [-0.1, -0.05) is 0 Å². The summed E-state index contributed by atoms with van der Waals surface area (Å²) in [5.74, 6) is -2.62. The molecule has 1 aromatic carbocycles. The van der Waals surface area contributed by atoms with Crippen LogP contribution in [0.5, 0.6) is 0 Å². The topological polar surface area (TPSA) is 58.4 Å². The summed E-state index contributed by atoms with van der Waals surface area (Å²) in [6.07, 6.45) is 3.49. The first-order chi connectivity index (χ1) is 11.8. The van der Waals surface area contributed by atoms with Crippen LogP contribution < -0.4 is 4.90 Å². The summed E-state index contributed by atoms with van der Waals surface area (Å²) in [7, 11) is 3.44. The summed E-state index contributed by atoms with van der Waals surface area (Å²) in [5.41, 5.74) is 0.876. The van der Waals surface area contributed by atoms with Crippen LogP contribution in [0.1, 0.15) is 12.0 Å². The molecule has 0 spiro atoms. The summed E-state index contributed by atoms with van der Waals surface area (Å²) in [6.45, 7) is 0.458. The van der Waals surface area contributed by atoms with Crippen molar-refractivity contribution >= 4 is 17.5 Å². The number of amides is 2. The van der Waals surface area contributed by atoms with Crippen LogP contribution in [0.4, 0.5) is 14.5 Å². The zero-order valence-corrected chi connectivity index (χ0v) is 13.9. The fraction of sp³-hybridized carbons (Fsp3) is 0.353. The second-order valence-corrected chi connectivity index (χ2v) is 6.22. The second-order valence-electron chi connectivity index (χ2n) is 6.22. The maximum atomic E-state index is 13.9. The first kappa shape index (κ1) is 17.1. The van der Waals surface area contributed by atoms with Gasteiger partial charge < -0.3 is 9.80 Å². The molecule has 1 aliphatic rings. The highest BCUT2D eigenvalue weighted by Gasteiger charge is 2.37. The van der Waals surface area contributed by atoms with Crippen molar-refractivity contribution in [2.75, 3.05) is 18.5 Å². The standard InChI is InChI=1S/C17H18F2N4O2/c1-21(8-11-7-20-22(2)9-11)17(25)12-5-16(24)23(10-12)15-4-3-13(18)6-14(15)19/h3-4,6-7,9,12H,5,8,10H2,1-2H3/t12-/m0/s1. The van der Waals surface area contributed by atoms with Crippen molar-refractivity contribution in [2.45, 2.75) is 13.0 Å². The van der Waals surface area contributed by atoms with Crippen LogP contribution in [0, 0.1) is 17.6 Å². The number of benzene rings is 1. The number of carbonyl (C=O) groups is 2. The molecule has 1 atom stereocenters. The lowest BCUT2D eigenvalue weighted by Crippen LogP contribution is -2.34. The van der Waals surface area contributed by atoms with Gasteiger partial charge in [-0.3, -0.25) is 14.3 Å². The van der Waals surface area contributed by atoms with Crippen molar-refractivity contribution < 1.29 is 18.4 Å². The number of hydrogen-bond donors (Lipinski definition) is 0. The Balaban J connectivity index is 1.69. The van der Waals surface area contributed by atoms with Crippen molar-refractivity contribution in [2.24, 2.45) is 13.0 Å². The molecule has 132 valence electrons. The number of aryl methyl sites for hydroxylation is 1. The van der Waals surface area contributed by atoms with Crippen LogP contribution in [0.25, 0.3) is 0 Å². The molecule has 0 N–H and O–H groups in total. The molecule has 0 bridgehead atoms. The average molecular weight is 348 g/mol. The number of carbonyl (C=O) groups excluding carboxylic acids is 2. The van der Waals surface area contributed by atoms with Crippen LogP contribution in [0.2, 0.25) is 0 Å². The largest absolute Gasteiger partial charge is 0.341 e. The van der Waals surface area contributed by atoms with Crippen LogP contribution in [0.3, 0.4) is 0 Å². The van der Waals surface area contributed by atoms with E-state index in [1.165, 1.54) is 15.9 Å². The van der Waals surface area contributed by atoms with E-state index >= 15 is 0 Å². The highest BCUT2D eigenvalue weighted by molar-refractivity contribution is 6.00. The lowest BCUT2D eigenvalue weighted by atomic mass is 10.1. The zero-order chi connectivity index (χ0) is 18.1. The fourth-order valence-corrected chi connectivity index (χ4v) is 3.02. The Hall–Kier alpha value is -2.77. The predicted octanol–water partition coefficient (Wildman–Crippen LogP) is 1.71. The van der Waals surface area contributed by atoms with Gasteiger partial charge in [0.1, 0.15) is 11.6 Å². The fourth-order valence-electron chi connectivity index (χ4n) is 3.02. The van der Waals surface area contributed by atoms with Crippen molar-refractivity contribution in [3.05, 3.63) is 47.8 Å². The first-order valence-corrected chi connectivity index (χ1v) is 7.83.